The number of anilines is 1. The second kappa shape index (κ2) is 9.35. The second-order valence-electron chi connectivity index (χ2n) is 7.52. The van der Waals surface area contributed by atoms with E-state index in [0.29, 0.717) is 5.69 Å². The van der Waals surface area contributed by atoms with Crippen LogP contribution in [-0.4, -0.2) is 62.4 Å². The minimum atomic E-state index is -3.49. The first-order valence-electron chi connectivity index (χ1n) is 9.85. The van der Waals surface area contributed by atoms with Crippen LogP contribution < -0.4 is 10.6 Å². The largest absolute Gasteiger partial charge is 0.452 e. The quantitative estimate of drug-likeness (QED) is 0.597. The summed E-state index contributed by atoms with van der Waals surface area (Å²) in [7, 11) is -3.49. The SMILES string of the molecule is Cc1cc(C)c(NC(=O)CNC(=O)COC(=O)C2=CN3CCS(=O)(=O)N=C3C=C2)c(C)c1. The Morgan fingerprint density at radius 2 is 1.78 bits per heavy atom. The first-order chi connectivity index (χ1) is 15.0. The second-order valence-corrected chi connectivity index (χ2v) is 9.28. The molecule has 0 aliphatic carbocycles. The molecule has 0 saturated carbocycles. The predicted octanol–water partition coefficient (Wildman–Crippen LogP) is 0.707. The summed E-state index contributed by atoms with van der Waals surface area (Å²) in [6.45, 7) is 5.08. The number of carbonyl (C=O) groups is 3. The van der Waals surface area contributed by atoms with E-state index in [-0.39, 0.29) is 30.3 Å². The van der Waals surface area contributed by atoms with Crippen LogP contribution in [0.3, 0.4) is 0 Å². The van der Waals surface area contributed by atoms with Crippen molar-refractivity contribution in [3.05, 3.63) is 52.7 Å². The monoisotopic (exact) mass is 460 g/mol. The molecule has 2 aliphatic heterocycles. The average Bonchev–Trinajstić information content (AvgIpc) is 2.72. The van der Waals surface area contributed by atoms with Crippen LogP contribution in [0.4, 0.5) is 5.69 Å². The number of nitrogens with one attached hydrogen (secondary N) is 2. The van der Waals surface area contributed by atoms with Crippen molar-refractivity contribution >= 4 is 39.3 Å². The molecule has 2 amide bonds. The number of rotatable bonds is 6. The highest BCUT2D eigenvalue weighted by Gasteiger charge is 2.25. The lowest BCUT2D eigenvalue weighted by Gasteiger charge is -2.26. The fourth-order valence-corrected chi connectivity index (χ4v) is 4.30. The molecule has 0 aromatic heterocycles. The zero-order valence-electron chi connectivity index (χ0n) is 18.0. The number of sulfonamides is 1. The molecule has 2 N–H and O–H groups in total. The van der Waals surface area contributed by atoms with Gasteiger partial charge in [0.15, 0.2) is 6.61 Å². The summed E-state index contributed by atoms with van der Waals surface area (Å²) in [4.78, 5) is 37.8. The van der Waals surface area contributed by atoms with Crippen molar-refractivity contribution in [1.82, 2.24) is 10.2 Å². The molecule has 2 heterocycles. The standard InChI is InChI=1S/C21H24N4O6S/c1-13-8-14(2)20(15(3)9-13)23-18(26)10-22-19(27)12-31-21(28)16-4-5-17-24-32(29,30)7-6-25(17)11-16/h4-5,8-9,11H,6-7,10,12H2,1-3H3,(H,22,27)(H,23,26). The Labute approximate surface area is 186 Å². The van der Waals surface area contributed by atoms with E-state index in [4.69, 9.17) is 4.74 Å². The van der Waals surface area contributed by atoms with Crippen LogP contribution in [0.2, 0.25) is 0 Å². The summed E-state index contributed by atoms with van der Waals surface area (Å²) in [6.07, 6.45) is 4.19. The first kappa shape index (κ1) is 23.2. The number of hydrogen-bond acceptors (Lipinski definition) is 7. The fourth-order valence-electron chi connectivity index (χ4n) is 3.33. The van der Waals surface area contributed by atoms with Gasteiger partial charge >= 0.3 is 5.97 Å². The number of amides is 2. The maximum atomic E-state index is 12.2. The molecule has 1 aromatic rings. The van der Waals surface area contributed by atoms with Gasteiger partial charge in [-0.1, -0.05) is 17.7 Å². The maximum Gasteiger partial charge on any atom is 0.340 e. The molecule has 0 fully saturated rings. The Balaban J connectivity index is 1.46. The van der Waals surface area contributed by atoms with Gasteiger partial charge in [-0.05, 0) is 44.1 Å². The highest BCUT2D eigenvalue weighted by molar-refractivity contribution is 7.90. The van der Waals surface area contributed by atoms with E-state index < -0.39 is 34.4 Å². The Hall–Kier alpha value is -3.47. The number of esters is 1. The van der Waals surface area contributed by atoms with Crippen molar-refractivity contribution in [3.63, 3.8) is 0 Å². The topological polar surface area (TPSA) is 134 Å². The van der Waals surface area contributed by atoms with Gasteiger partial charge in [-0.25, -0.2) is 13.2 Å². The van der Waals surface area contributed by atoms with E-state index in [9.17, 15) is 22.8 Å². The van der Waals surface area contributed by atoms with E-state index in [1.165, 1.54) is 23.3 Å². The molecule has 3 rings (SSSR count). The van der Waals surface area contributed by atoms with Gasteiger partial charge in [0.1, 0.15) is 5.84 Å². The Morgan fingerprint density at radius 1 is 1.09 bits per heavy atom. The molecule has 0 unspecified atom stereocenters. The van der Waals surface area contributed by atoms with Crippen LogP contribution in [0, 0.1) is 20.8 Å². The molecule has 0 saturated heterocycles. The molecular formula is C21H24N4O6S. The lowest BCUT2D eigenvalue weighted by Crippen LogP contribution is -2.37. The van der Waals surface area contributed by atoms with Crippen molar-refractivity contribution < 1.29 is 27.5 Å². The smallest absolute Gasteiger partial charge is 0.340 e. The molecule has 2 aliphatic rings. The van der Waals surface area contributed by atoms with E-state index >= 15 is 0 Å². The van der Waals surface area contributed by atoms with Crippen LogP contribution in [0.15, 0.2) is 40.5 Å². The minimum absolute atomic E-state index is 0.152. The van der Waals surface area contributed by atoms with Gasteiger partial charge in [0.05, 0.1) is 17.9 Å². The highest BCUT2D eigenvalue weighted by atomic mass is 32.2. The third-order valence-electron chi connectivity index (χ3n) is 4.78. The third kappa shape index (κ3) is 5.82. The van der Waals surface area contributed by atoms with Gasteiger partial charge in [-0.3, -0.25) is 9.59 Å². The van der Waals surface area contributed by atoms with Crippen molar-refractivity contribution in [2.45, 2.75) is 20.8 Å². The number of benzene rings is 1. The molecule has 0 radical (unpaired) electrons. The van der Waals surface area contributed by atoms with Crippen LogP contribution in [-0.2, 0) is 29.1 Å². The molecule has 0 spiro atoms. The Kier molecular flexibility index (Phi) is 6.78. The van der Waals surface area contributed by atoms with E-state index in [2.05, 4.69) is 15.0 Å². The normalized spacial score (nSPS) is 16.4. The zero-order valence-corrected chi connectivity index (χ0v) is 18.8. The van der Waals surface area contributed by atoms with Gasteiger partial charge < -0.3 is 20.3 Å². The highest BCUT2D eigenvalue weighted by Crippen LogP contribution is 2.21. The van der Waals surface area contributed by atoms with Gasteiger partial charge in [-0.2, -0.15) is 0 Å². The Bertz CT molecular complexity index is 1140. The predicted molar refractivity (Wildman–Crippen MR) is 118 cm³/mol. The summed E-state index contributed by atoms with van der Waals surface area (Å²) < 4.78 is 31.6. The summed E-state index contributed by atoms with van der Waals surface area (Å²) >= 11 is 0. The van der Waals surface area contributed by atoms with E-state index in [1.54, 1.807) is 0 Å². The molecule has 0 bridgehead atoms. The van der Waals surface area contributed by atoms with Crippen LogP contribution in [0.25, 0.3) is 0 Å². The number of ether oxygens (including phenoxy) is 1. The van der Waals surface area contributed by atoms with Crippen molar-refractivity contribution in [3.8, 4) is 0 Å². The van der Waals surface area contributed by atoms with Crippen LogP contribution >= 0.6 is 0 Å². The summed E-state index contributed by atoms with van der Waals surface area (Å²) in [5.41, 5.74) is 3.78. The van der Waals surface area contributed by atoms with Crippen molar-refractivity contribution in [2.24, 2.45) is 4.40 Å². The number of hydrogen-bond donors (Lipinski definition) is 2. The molecule has 32 heavy (non-hydrogen) atoms. The van der Waals surface area contributed by atoms with Crippen molar-refractivity contribution in [2.75, 3.05) is 30.8 Å². The van der Waals surface area contributed by atoms with Gasteiger partial charge in [0, 0.05) is 18.4 Å². The number of carbonyl (C=O) groups excluding carboxylic acids is 3. The molecular weight excluding hydrogens is 436 g/mol. The average molecular weight is 461 g/mol. The van der Waals surface area contributed by atoms with Gasteiger partial charge in [0.25, 0.3) is 15.9 Å². The number of fused-ring (bicyclic) bond motifs is 1. The number of aryl methyl sites for hydroxylation is 3. The number of nitrogens with zero attached hydrogens (tertiary/aromatic N) is 2. The summed E-state index contributed by atoms with van der Waals surface area (Å²) in [6, 6.07) is 3.90. The third-order valence-corrected chi connectivity index (χ3v) is 5.95. The minimum Gasteiger partial charge on any atom is -0.452 e. The van der Waals surface area contributed by atoms with Crippen LogP contribution in [0.1, 0.15) is 16.7 Å². The molecule has 0 atom stereocenters. The maximum absolute atomic E-state index is 12.2. The molecule has 11 heteroatoms. The Morgan fingerprint density at radius 3 is 2.47 bits per heavy atom. The number of amidine groups is 1. The summed E-state index contributed by atoms with van der Waals surface area (Å²) in [5, 5.41) is 5.17. The van der Waals surface area contributed by atoms with Crippen molar-refractivity contribution in [1.29, 1.82) is 0 Å². The van der Waals surface area contributed by atoms with Crippen LogP contribution in [0.5, 0.6) is 0 Å². The lowest BCUT2D eigenvalue weighted by atomic mass is 10.1. The molecule has 170 valence electrons. The molecule has 10 nitrogen and oxygen atoms in total. The molecule has 1 aromatic carbocycles. The summed E-state index contributed by atoms with van der Waals surface area (Å²) in [5.74, 6) is -1.72. The fraction of sp³-hybridized carbons (Fsp3) is 0.333. The van der Waals surface area contributed by atoms with Gasteiger partial charge in [0.2, 0.25) is 5.91 Å². The van der Waals surface area contributed by atoms with E-state index in [0.717, 1.165) is 16.7 Å². The first-order valence-corrected chi connectivity index (χ1v) is 11.5. The lowest BCUT2D eigenvalue weighted by molar-refractivity contribution is -0.144. The zero-order chi connectivity index (χ0) is 23.5. The van der Waals surface area contributed by atoms with Gasteiger partial charge in [-0.15, -0.1) is 4.40 Å². The van der Waals surface area contributed by atoms with E-state index in [1.807, 2.05) is 32.9 Å².